The fourth-order valence-electron chi connectivity index (χ4n) is 4.88. The number of carbonyl (C=O) groups excluding carboxylic acids is 2. The topological polar surface area (TPSA) is 40.6 Å². The first kappa shape index (κ1) is 16.8. The molecule has 2 saturated heterocycles. The zero-order valence-corrected chi connectivity index (χ0v) is 14.9. The quantitative estimate of drug-likeness (QED) is 0.798. The minimum Gasteiger partial charge on any atom is -0.342 e. The highest BCUT2D eigenvalue weighted by atomic mass is 16.2. The van der Waals surface area contributed by atoms with Gasteiger partial charge in [-0.25, -0.2) is 0 Å². The summed E-state index contributed by atoms with van der Waals surface area (Å²) >= 11 is 0. The van der Waals surface area contributed by atoms with Crippen molar-refractivity contribution in [2.75, 3.05) is 19.6 Å². The van der Waals surface area contributed by atoms with Crippen molar-refractivity contribution in [1.82, 2.24) is 9.80 Å². The largest absolute Gasteiger partial charge is 0.342 e. The van der Waals surface area contributed by atoms with Gasteiger partial charge in [0, 0.05) is 32.1 Å². The molecule has 2 heterocycles. The van der Waals surface area contributed by atoms with Gasteiger partial charge in [-0.3, -0.25) is 9.59 Å². The maximum atomic E-state index is 13.3. The average molecular weight is 320 g/mol. The van der Waals surface area contributed by atoms with E-state index in [0.717, 1.165) is 71.0 Å². The molecule has 2 amide bonds. The molecule has 1 aliphatic carbocycles. The van der Waals surface area contributed by atoms with Crippen LogP contribution in [0.4, 0.5) is 0 Å². The highest BCUT2D eigenvalue weighted by Gasteiger charge is 2.54. The predicted octanol–water partition coefficient (Wildman–Crippen LogP) is 3.21. The van der Waals surface area contributed by atoms with Crippen LogP contribution in [-0.4, -0.2) is 47.3 Å². The third-order valence-corrected chi connectivity index (χ3v) is 6.24. The molecule has 0 bridgehead atoms. The van der Waals surface area contributed by atoms with Crippen molar-refractivity contribution in [1.29, 1.82) is 0 Å². The Morgan fingerprint density at radius 3 is 2.61 bits per heavy atom. The van der Waals surface area contributed by atoms with Crippen LogP contribution in [0.15, 0.2) is 0 Å². The Morgan fingerprint density at radius 1 is 1.17 bits per heavy atom. The van der Waals surface area contributed by atoms with E-state index in [2.05, 4.69) is 23.6 Å². The summed E-state index contributed by atoms with van der Waals surface area (Å²) in [7, 11) is 0. The Morgan fingerprint density at radius 2 is 1.91 bits per heavy atom. The molecular formula is C19H32N2O2. The summed E-state index contributed by atoms with van der Waals surface area (Å²) < 4.78 is 0. The standard InChI is InChI=1S/C19H32N2O2/c1-15(2)9-14-21-16-7-3-4-10-19(16,11-8-17(21)22)18(23)20-12-5-6-13-20/h15-16H,3-14H2,1-2H3/t16-,19-/m1/s1. The molecule has 0 radical (unpaired) electrons. The van der Waals surface area contributed by atoms with Crippen molar-refractivity contribution in [3.63, 3.8) is 0 Å². The Bertz CT molecular complexity index is 456. The summed E-state index contributed by atoms with van der Waals surface area (Å²) in [6.45, 7) is 7.09. The lowest BCUT2D eigenvalue weighted by Gasteiger charge is -2.52. The van der Waals surface area contributed by atoms with Crippen molar-refractivity contribution in [2.24, 2.45) is 11.3 Å². The van der Waals surface area contributed by atoms with Gasteiger partial charge in [0.05, 0.1) is 5.41 Å². The van der Waals surface area contributed by atoms with Crippen LogP contribution < -0.4 is 0 Å². The van der Waals surface area contributed by atoms with Gasteiger partial charge in [0.15, 0.2) is 0 Å². The van der Waals surface area contributed by atoms with E-state index in [-0.39, 0.29) is 17.4 Å². The molecule has 0 unspecified atom stereocenters. The van der Waals surface area contributed by atoms with Gasteiger partial charge in [-0.15, -0.1) is 0 Å². The first-order chi connectivity index (χ1) is 11.0. The lowest BCUT2D eigenvalue weighted by molar-refractivity contribution is -0.161. The van der Waals surface area contributed by atoms with Crippen molar-refractivity contribution in [2.45, 2.75) is 77.7 Å². The molecule has 3 rings (SSSR count). The molecule has 2 aliphatic heterocycles. The number of nitrogens with zero attached hydrogens (tertiary/aromatic N) is 2. The van der Waals surface area contributed by atoms with Crippen molar-refractivity contribution in [3.8, 4) is 0 Å². The van der Waals surface area contributed by atoms with Crippen LogP contribution in [0, 0.1) is 11.3 Å². The van der Waals surface area contributed by atoms with E-state index in [9.17, 15) is 9.59 Å². The molecule has 2 atom stereocenters. The Hall–Kier alpha value is -1.06. The molecule has 130 valence electrons. The van der Waals surface area contributed by atoms with Gasteiger partial charge in [-0.1, -0.05) is 26.7 Å². The van der Waals surface area contributed by atoms with Gasteiger partial charge < -0.3 is 9.80 Å². The fraction of sp³-hybridized carbons (Fsp3) is 0.895. The summed E-state index contributed by atoms with van der Waals surface area (Å²) in [5.74, 6) is 1.24. The van der Waals surface area contributed by atoms with Crippen LogP contribution >= 0.6 is 0 Å². The second-order valence-corrected chi connectivity index (χ2v) is 8.19. The number of rotatable bonds is 4. The van der Waals surface area contributed by atoms with Gasteiger partial charge in [0.2, 0.25) is 11.8 Å². The maximum Gasteiger partial charge on any atom is 0.230 e. The van der Waals surface area contributed by atoms with Crippen LogP contribution in [0.3, 0.4) is 0 Å². The normalized spacial score (nSPS) is 31.6. The first-order valence-electron chi connectivity index (χ1n) is 9.63. The second kappa shape index (κ2) is 6.82. The van der Waals surface area contributed by atoms with Crippen LogP contribution in [-0.2, 0) is 9.59 Å². The van der Waals surface area contributed by atoms with Gasteiger partial charge in [-0.05, 0) is 44.4 Å². The minimum atomic E-state index is -0.270. The summed E-state index contributed by atoms with van der Waals surface area (Å²) in [6.07, 6.45) is 8.97. The molecule has 3 aliphatic rings. The van der Waals surface area contributed by atoms with E-state index >= 15 is 0 Å². The third-order valence-electron chi connectivity index (χ3n) is 6.24. The Kier molecular flexibility index (Phi) is 4.98. The van der Waals surface area contributed by atoms with E-state index in [1.807, 2.05) is 0 Å². The van der Waals surface area contributed by atoms with Gasteiger partial charge in [0.25, 0.3) is 0 Å². The van der Waals surface area contributed by atoms with Crippen LogP contribution in [0.1, 0.15) is 71.6 Å². The zero-order chi connectivity index (χ0) is 16.4. The Labute approximate surface area is 140 Å². The smallest absolute Gasteiger partial charge is 0.230 e. The molecule has 0 spiro atoms. The van der Waals surface area contributed by atoms with E-state index in [4.69, 9.17) is 0 Å². The molecule has 3 fully saturated rings. The zero-order valence-electron chi connectivity index (χ0n) is 14.9. The molecule has 1 saturated carbocycles. The predicted molar refractivity (Wildman–Crippen MR) is 90.9 cm³/mol. The number of amides is 2. The van der Waals surface area contributed by atoms with E-state index in [0.29, 0.717) is 18.2 Å². The number of fused-ring (bicyclic) bond motifs is 1. The lowest BCUT2D eigenvalue weighted by Crippen LogP contribution is -2.62. The first-order valence-corrected chi connectivity index (χ1v) is 9.63. The number of hydrogen-bond acceptors (Lipinski definition) is 2. The molecule has 0 aromatic heterocycles. The SMILES string of the molecule is CC(C)CCN1C(=O)CC[C@]2(C(=O)N3CCCC3)CCCC[C@@H]12. The van der Waals surface area contributed by atoms with Gasteiger partial charge >= 0.3 is 0 Å². The van der Waals surface area contributed by atoms with E-state index in [1.54, 1.807) is 0 Å². The highest BCUT2D eigenvalue weighted by molar-refractivity contribution is 5.88. The van der Waals surface area contributed by atoms with Crippen LogP contribution in [0.2, 0.25) is 0 Å². The molecular weight excluding hydrogens is 288 g/mol. The third kappa shape index (κ3) is 3.14. The number of likely N-dealkylation sites (tertiary alicyclic amines) is 2. The Balaban J connectivity index is 1.83. The fourth-order valence-corrected chi connectivity index (χ4v) is 4.88. The number of carbonyl (C=O) groups is 2. The van der Waals surface area contributed by atoms with Crippen molar-refractivity contribution < 1.29 is 9.59 Å². The molecule has 0 N–H and O–H groups in total. The van der Waals surface area contributed by atoms with E-state index < -0.39 is 0 Å². The van der Waals surface area contributed by atoms with E-state index in [1.165, 1.54) is 0 Å². The number of hydrogen-bond donors (Lipinski definition) is 0. The molecule has 23 heavy (non-hydrogen) atoms. The molecule has 4 heteroatoms. The summed E-state index contributed by atoms with van der Waals surface area (Å²) in [4.78, 5) is 30.1. The van der Waals surface area contributed by atoms with Crippen LogP contribution in [0.5, 0.6) is 0 Å². The minimum absolute atomic E-state index is 0.157. The van der Waals surface area contributed by atoms with Crippen molar-refractivity contribution >= 4 is 11.8 Å². The summed E-state index contributed by atoms with van der Waals surface area (Å²) in [5.41, 5.74) is -0.270. The van der Waals surface area contributed by atoms with Crippen molar-refractivity contribution in [3.05, 3.63) is 0 Å². The van der Waals surface area contributed by atoms with Gasteiger partial charge in [0.1, 0.15) is 0 Å². The lowest BCUT2D eigenvalue weighted by atomic mass is 9.64. The van der Waals surface area contributed by atoms with Crippen LogP contribution in [0.25, 0.3) is 0 Å². The monoisotopic (exact) mass is 320 g/mol. The maximum absolute atomic E-state index is 13.3. The summed E-state index contributed by atoms with van der Waals surface area (Å²) in [6, 6.07) is 0.157. The molecule has 0 aromatic rings. The highest BCUT2D eigenvalue weighted by Crippen LogP contribution is 2.48. The van der Waals surface area contributed by atoms with Gasteiger partial charge in [-0.2, -0.15) is 0 Å². The summed E-state index contributed by atoms with van der Waals surface area (Å²) in [5, 5.41) is 0. The molecule has 0 aromatic carbocycles. The number of piperidine rings is 1. The average Bonchev–Trinajstić information content (AvgIpc) is 3.07. The molecule has 4 nitrogen and oxygen atoms in total. The second-order valence-electron chi connectivity index (χ2n) is 8.19.